The second-order valence-electron chi connectivity index (χ2n) is 5.63. The minimum absolute atomic E-state index is 0.157. The number of fused-ring (bicyclic) bond motifs is 1. The third kappa shape index (κ3) is 2.35. The Hall–Kier alpha value is -1.13. The van der Waals surface area contributed by atoms with Gasteiger partial charge in [-0.2, -0.15) is 0 Å². The van der Waals surface area contributed by atoms with Gasteiger partial charge >= 0.3 is 0 Å². The zero-order valence-corrected chi connectivity index (χ0v) is 11.2. The molecule has 2 aliphatic rings. The van der Waals surface area contributed by atoms with Gasteiger partial charge in [-0.1, -0.05) is 6.92 Å². The first kappa shape index (κ1) is 12.9. The number of hydrogen-bond acceptors (Lipinski definition) is 3. The van der Waals surface area contributed by atoms with Crippen molar-refractivity contribution in [3.8, 4) is 5.75 Å². The smallest absolute Gasteiger partial charge is 0.125 e. The van der Waals surface area contributed by atoms with Crippen LogP contribution in [0.3, 0.4) is 0 Å². The van der Waals surface area contributed by atoms with E-state index < -0.39 is 0 Å². The van der Waals surface area contributed by atoms with Crippen LogP contribution < -0.4 is 10.5 Å². The lowest BCUT2D eigenvalue weighted by molar-refractivity contribution is -0.102. The highest BCUT2D eigenvalue weighted by atomic mass is 19.1. The molecule has 3 rings (SSSR count). The van der Waals surface area contributed by atoms with Gasteiger partial charge in [0.2, 0.25) is 0 Å². The molecule has 2 N–H and O–H groups in total. The fourth-order valence-corrected chi connectivity index (χ4v) is 3.22. The van der Waals surface area contributed by atoms with Crippen molar-refractivity contribution in [2.75, 3.05) is 6.61 Å². The van der Waals surface area contributed by atoms with Crippen molar-refractivity contribution in [3.63, 3.8) is 0 Å². The van der Waals surface area contributed by atoms with Crippen LogP contribution in [-0.2, 0) is 4.74 Å². The molecule has 104 valence electrons. The van der Waals surface area contributed by atoms with Crippen LogP contribution in [0.5, 0.6) is 5.75 Å². The van der Waals surface area contributed by atoms with E-state index in [4.69, 9.17) is 15.2 Å². The van der Waals surface area contributed by atoms with Crippen LogP contribution in [0, 0.1) is 5.82 Å². The van der Waals surface area contributed by atoms with Crippen LogP contribution in [0.4, 0.5) is 4.39 Å². The van der Waals surface area contributed by atoms with Crippen molar-refractivity contribution in [2.24, 2.45) is 5.73 Å². The molecule has 1 fully saturated rings. The van der Waals surface area contributed by atoms with E-state index >= 15 is 0 Å². The van der Waals surface area contributed by atoms with Gasteiger partial charge in [0.1, 0.15) is 17.2 Å². The number of ether oxygens (including phenoxy) is 2. The van der Waals surface area contributed by atoms with Gasteiger partial charge in [0, 0.05) is 30.9 Å². The lowest BCUT2D eigenvalue weighted by atomic mass is 9.80. The van der Waals surface area contributed by atoms with Crippen molar-refractivity contribution in [1.82, 2.24) is 0 Å². The Morgan fingerprint density at radius 1 is 1.42 bits per heavy atom. The maximum absolute atomic E-state index is 13.3. The Kier molecular flexibility index (Phi) is 3.23. The molecule has 1 aromatic carbocycles. The average molecular weight is 265 g/mol. The number of benzene rings is 1. The van der Waals surface area contributed by atoms with E-state index in [-0.39, 0.29) is 23.6 Å². The lowest BCUT2D eigenvalue weighted by Crippen LogP contribution is -2.49. The summed E-state index contributed by atoms with van der Waals surface area (Å²) in [4.78, 5) is 0. The lowest BCUT2D eigenvalue weighted by Gasteiger charge is -2.45. The predicted octanol–water partition coefficient (Wildman–Crippen LogP) is 2.94. The molecular formula is C15H20FNO2. The largest absolute Gasteiger partial charge is 0.487 e. The fourth-order valence-electron chi connectivity index (χ4n) is 3.22. The molecule has 3 atom stereocenters. The first-order chi connectivity index (χ1) is 9.12. The molecule has 2 heterocycles. The third-order valence-electron chi connectivity index (χ3n) is 4.26. The Labute approximate surface area is 112 Å². The summed E-state index contributed by atoms with van der Waals surface area (Å²) in [7, 11) is 0. The zero-order chi connectivity index (χ0) is 13.5. The minimum Gasteiger partial charge on any atom is -0.487 e. The van der Waals surface area contributed by atoms with E-state index in [2.05, 4.69) is 6.92 Å². The van der Waals surface area contributed by atoms with Gasteiger partial charge < -0.3 is 15.2 Å². The van der Waals surface area contributed by atoms with E-state index in [0.717, 1.165) is 37.0 Å². The molecule has 0 amide bonds. The van der Waals surface area contributed by atoms with Crippen molar-refractivity contribution in [2.45, 2.75) is 50.4 Å². The molecular weight excluding hydrogens is 245 g/mol. The van der Waals surface area contributed by atoms with Gasteiger partial charge in [-0.05, 0) is 24.6 Å². The highest BCUT2D eigenvalue weighted by molar-refractivity contribution is 5.39. The second-order valence-corrected chi connectivity index (χ2v) is 5.63. The third-order valence-corrected chi connectivity index (χ3v) is 4.26. The van der Waals surface area contributed by atoms with E-state index in [1.807, 2.05) is 0 Å². The SMILES string of the molecule is CCC1CC2(CCO1)C[C@@H](N)c1cc(F)ccc1O2. The summed E-state index contributed by atoms with van der Waals surface area (Å²) in [5, 5.41) is 0. The molecule has 0 aromatic heterocycles. The van der Waals surface area contributed by atoms with Crippen LogP contribution in [0.1, 0.15) is 44.2 Å². The highest BCUT2D eigenvalue weighted by Crippen LogP contribution is 2.44. The van der Waals surface area contributed by atoms with Crippen LogP contribution in [0.2, 0.25) is 0 Å². The Morgan fingerprint density at radius 2 is 2.26 bits per heavy atom. The van der Waals surface area contributed by atoms with Crippen molar-refractivity contribution in [1.29, 1.82) is 0 Å². The predicted molar refractivity (Wildman–Crippen MR) is 70.6 cm³/mol. The molecule has 0 aliphatic carbocycles. The molecule has 1 aromatic rings. The zero-order valence-electron chi connectivity index (χ0n) is 11.2. The first-order valence-corrected chi connectivity index (χ1v) is 6.97. The maximum atomic E-state index is 13.3. The van der Waals surface area contributed by atoms with E-state index in [1.54, 1.807) is 6.07 Å². The van der Waals surface area contributed by atoms with E-state index in [1.165, 1.54) is 12.1 Å². The normalized spacial score (nSPS) is 33.8. The molecule has 4 heteroatoms. The summed E-state index contributed by atoms with van der Waals surface area (Å²) >= 11 is 0. The summed E-state index contributed by atoms with van der Waals surface area (Å²) in [6, 6.07) is 4.46. The highest BCUT2D eigenvalue weighted by Gasteiger charge is 2.43. The van der Waals surface area contributed by atoms with Gasteiger partial charge in [0.05, 0.1) is 12.7 Å². The molecule has 1 spiro atoms. The molecule has 0 saturated carbocycles. The molecule has 2 aliphatic heterocycles. The number of halogens is 1. The quantitative estimate of drug-likeness (QED) is 0.849. The number of rotatable bonds is 1. The Balaban J connectivity index is 1.89. The molecule has 19 heavy (non-hydrogen) atoms. The summed E-state index contributed by atoms with van der Waals surface area (Å²) in [6.07, 6.45) is 3.69. The number of hydrogen-bond donors (Lipinski definition) is 1. The molecule has 2 unspecified atom stereocenters. The standard InChI is InChI=1S/C15H20FNO2/c1-2-11-8-15(5-6-18-11)9-13(17)12-7-10(16)3-4-14(12)19-15/h3-4,7,11,13H,2,5-6,8-9,17H2,1H3/t11?,13-,15?/m1/s1. The van der Waals surface area contributed by atoms with Gasteiger partial charge in [-0.15, -0.1) is 0 Å². The molecule has 0 radical (unpaired) electrons. The molecule has 0 bridgehead atoms. The van der Waals surface area contributed by atoms with Crippen LogP contribution >= 0.6 is 0 Å². The molecule has 3 nitrogen and oxygen atoms in total. The van der Waals surface area contributed by atoms with Crippen molar-refractivity contribution >= 4 is 0 Å². The Bertz CT molecular complexity index is 479. The van der Waals surface area contributed by atoms with Gasteiger partial charge in [-0.3, -0.25) is 0 Å². The van der Waals surface area contributed by atoms with Gasteiger partial charge in [-0.25, -0.2) is 4.39 Å². The Morgan fingerprint density at radius 3 is 3.05 bits per heavy atom. The second kappa shape index (κ2) is 4.76. The van der Waals surface area contributed by atoms with E-state index in [9.17, 15) is 4.39 Å². The van der Waals surface area contributed by atoms with Crippen LogP contribution in [0.25, 0.3) is 0 Å². The van der Waals surface area contributed by atoms with Crippen LogP contribution in [0.15, 0.2) is 18.2 Å². The summed E-state index contributed by atoms with van der Waals surface area (Å²) < 4.78 is 25.2. The number of nitrogens with two attached hydrogens (primary N) is 1. The van der Waals surface area contributed by atoms with Crippen molar-refractivity contribution in [3.05, 3.63) is 29.6 Å². The summed E-state index contributed by atoms with van der Waals surface area (Å²) in [5.41, 5.74) is 6.77. The first-order valence-electron chi connectivity index (χ1n) is 6.97. The average Bonchev–Trinajstić information content (AvgIpc) is 2.40. The van der Waals surface area contributed by atoms with Gasteiger partial charge in [0.25, 0.3) is 0 Å². The summed E-state index contributed by atoms with van der Waals surface area (Å²) in [5.74, 6) is 0.476. The topological polar surface area (TPSA) is 44.5 Å². The maximum Gasteiger partial charge on any atom is 0.125 e. The van der Waals surface area contributed by atoms with Gasteiger partial charge in [0.15, 0.2) is 0 Å². The van der Waals surface area contributed by atoms with E-state index in [0.29, 0.717) is 6.61 Å². The molecule has 1 saturated heterocycles. The van der Waals surface area contributed by atoms with Crippen LogP contribution in [-0.4, -0.2) is 18.3 Å². The monoisotopic (exact) mass is 265 g/mol. The van der Waals surface area contributed by atoms with Crippen molar-refractivity contribution < 1.29 is 13.9 Å². The fraction of sp³-hybridized carbons (Fsp3) is 0.600. The summed E-state index contributed by atoms with van der Waals surface area (Å²) in [6.45, 7) is 2.83. The minimum atomic E-state index is -0.257.